The Morgan fingerprint density at radius 3 is 2.88 bits per heavy atom. The second-order valence-corrected chi connectivity index (χ2v) is 5.35. The zero-order chi connectivity index (χ0) is 12.3. The molecule has 2 nitrogen and oxygen atoms in total. The smallest absolute Gasteiger partial charge is 0.141 e. The first kappa shape index (κ1) is 12.8. The maximum Gasteiger partial charge on any atom is 0.141 e. The van der Waals surface area contributed by atoms with Crippen molar-refractivity contribution in [3.8, 4) is 0 Å². The number of hydrogen-bond acceptors (Lipinski definition) is 2. The predicted molar refractivity (Wildman–Crippen MR) is 67.6 cm³/mol. The Hall–Kier alpha value is -0.670. The van der Waals surface area contributed by atoms with Gasteiger partial charge in [0.25, 0.3) is 0 Å². The molecule has 2 rings (SSSR count). The summed E-state index contributed by atoms with van der Waals surface area (Å²) >= 11 is 6.34. The molecule has 0 saturated heterocycles. The number of alkyl halides is 1. The molecule has 17 heavy (non-hydrogen) atoms. The number of rotatable bonds is 3. The van der Waals surface area contributed by atoms with Gasteiger partial charge in [-0.15, -0.1) is 11.6 Å². The Balaban J connectivity index is 1.98. The first-order chi connectivity index (χ1) is 8.16. The van der Waals surface area contributed by atoms with E-state index in [1.54, 1.807) is 6.20 Å². The van der Waals surface area contributed by atoms with Gasteiger partial charge in [0.05, 0.1) is 6.20 Å². The van der Waals surface area contributed by atoms with Crippen LogP contribution in [0.15, 0.2) is 18.5 Å². The van der Waals surface area contributed by atoms with Crippen molar-refractivity contribution in [1.82, 2.24) is 9.88 Å². The summed E-state index contributed by atoms with van der Waals surface area (Å²) in [5, 5.41) is 0.218. The fourth-order valence-corrected chi connectivity index (χ4v) is 2.98. The van der Waals surface area contributed by atoms with E-state index < -0.39 is 0 Å². The van der Waals surface area contributed by atoms with Gasteiger partial charge in [0.1, 0.15) is 5.82 Å². The van der Waals surface area contributed by atoms with Gasteiger partial charge in [-0.25, -0.2) is 4.39 Å². The van der Waals surface area contributed by atoms with Gasteiger partial charge in [0.2, 0.25) is 0 Å². The molecule has 0 bridgehead atoms. The minimum Gasteiger partial charge on any atom is -0.298 e. The van der Waals surface area contributed by atoms with Crippen LogP contribution in [-0.2, 0) is 6.54 Å². The molecule has 2 atom stereocenters. The molecule has 1 fully saturated rings. The topological polar surface area (TPSA) is 16.1 Å². The van der Waals surface area contributed by atoms with Crippen molar-refractivity contribution in [3.05, 3.63) is 29.8 Å². The van der Waals surface area contributed by atoms with Crippen LogP contribution in [0.4, 0.5) is 4.39 Å². The molecule has 0 spiro atoms. The number of pyridine rings is 1. The molecule has 94 valence electrons. The molecule has 1 aromatic rings. The van der Waals surface area contributed by atoms with Crippen molar-refractivity contribution in [2.45, 2.75) is 43.6 Å². The van der Waals surface area contributed by atoms with Gasteiger partial charge >= 0.3 is 0 Å². The predicted octanol–water partition coefficient (Wildman–Crippen LogP) is 3.20. The fraction of sp³-hybridized carbons (Fsp3) is 0.615. The molecule has 0 amide bonds. The van der Waals surface area contributed by atoms with Crippen LogP contribution in [0.3, 0.4) is 0 Å². The lowest BCUT2D eigenvalue weighted by Crippen LogP contribution is -2.40. The van der Waals surface area contributed by atoms with E-state index in [4.69, 9.17) is 11.6 Å². The van der Waals surface area contributed by atoms with Crippen LogP contribution in [0.25, 0.3) is 0 Å². The molecule has 1 aliphatic carbocycles. The summed E-state index contributed by atoms with van der Waals surface area (Å²) < 4.78 is 13.0. The summed E-state index contributed by atoms with van der Waals surface area (Å²) in [5.41, 5.74) is 0.905. The normalized spacial score (nSPS) is 25.2. The minimum atomic E-state index is -0.276. The largest absolute Gasteiger partial charge is 0.298 e. The monoisotopic (exact) mass is 256 g/mol. The molecule has 1 aromatic heterocycles. The van der Waals surface area contributed by atoms with Crippen LogP contribution in [0.2, 0.25) is 0 Å². The van der Waals surface area contributed by atoms with E-state index in [0.717, 1.165) is 18.4 Å². The van der Waals surface area contributed by atoms with Crippen molar-refractivity contribution >= 4 is 11.6 Å². The summed E-state index contributed by atoms with van der Waals surface area (Å²) in [5.74, 6) is -0.276. The van der Waals surface area contributed by atoms with Crippen molar-refractivity contribution in [1.29, 1.82) is 0 Å². The summed E-state index contributed by atoms with van der Waals surface area (Å²) in [6.07, 6.45) is 7.62. The van der Waals surface area contributed by atoms with Crippen molar-refractivity contribution in [2.75, 3.05) is 7.05 Å². The molecular formula is C13H18ClFN2. The van der Waals surface area contributed by atoms with Gasteiger partial charge in [0.15, 0.2) is 0 Å². The van der Waals surface area contributed by atoms with E-state index in [0.29, 0.717) is 12.6 Å². The highest BCUT2D eigenvalue weighted by molar-refractivity contribution is 6.21. The number of halogens is 2. The first-order valence-electron chi connectivity index (χ1n) is 6.10. The average molecular weight is 257 g/mol. The maximum atomic E-state index is 13.0. The highest BCUT2D eigenvalue weighted by Crippen LogP contribution is 2.27. The summed E-state index contributed by atoms with van der Waals surface area (Å²) in [7, 11) is 2.05. The number of nitrogens with zero attached hydrogens (tertiary/aromatic N) is 2. The Bertz CT molecular complexity index is 372. The van der Waals surface area contributed by atoms with Crippen LogP contribution in [0.1, 0.15) is 31.2 Å². The molecule has 4 heteroatoms. The molecule has 1 heterocycles. The van der Waals surface area contributed by atoms with E-state index in [9.17, 15) is 4.39 Å². The Morgan fingerprint density at radius 1 is 1.41 bits per heavy atom. The lowest BCUT2D eigenvalue weighted by Gasteiger charge is -2.34. The van der Waals surface area contributed by atoms with Gasteiger partial charge in [-0.05, 0) is 31.5 Å². The fourth-order valence-electron chi connectivity index (χ4n) is 2.51. The average Bonchev–Trinajstić information content (AvgIpc) is 2.29. The van der Waals surface area contributed by atoms with Crippen LogP contribution in [0.5, 0.6) is 0 Å². The molecule has 0 aromatic carbocycles. The second-order valence-electron chi connectivity index (χ2n) is 4.79. The first-order valence-corrected chi connectivity index (χ1v) is 6.54. The molecule has 1 aliphatic rings. The van der Waals surface area contributed by atoms with Crippen LogP contribution in [0, 0.1) is 5.82 Å². The Labute approximate surface area is 107 Å². The molecule has 2 unspecified atom stereocenters. The van der Waals surface area contributed by atoms with E-state index >= 15 is 0 Å². The van der Waals surface area contributed by atoms with Gasteiger partial charge in [-0.3, -0.25) is 9.88 Å². The number of hydrogen-bond donors (Lipinski definition) is 0. The minimum absolute atomic E-state index is 0.218. The molecule has 1 saturated carbocycles. The third-order valence-corrected chi connectivity index (χ3v) is 3.92. The van der Waals surface area contributed by atoms with Gasteiger partial charge in [0, 0.05) is 24.2 Å². The lowest BCUT2D eigenvalue weighted by molar-refractivity contribution is 0.188. The third kappa shape index (κ3) is 3.39. The quantitative estimate of drug-likeness (QED) is 0.772. The third-order valence-electron chi connectivity index (χ3n) is 3.41. The zero-order valence-electron chi connectivity index (χ0n) is 10.1. The zero-order valence-corrected chi connectivity index (χ0v) is 10.8. The van der Waals surface area contributed by atoms with Crippen molar-refractivity contribution in [3.63, 3.8) is 0 Å². The second kappa shape index (κ2) is 5.78. The van der Waals surface area contributed by atoms with Crippen molar-refractivity contribution < 1.29 is 4.39 Å². The summed E-state index contributed by atoms with van der Waals surface area (Å²) in [6.45, 7) is 0.707. The Morgan fingerprint density at radius 2 is 2.18 bits per heavy atom. The molecule has 0 radical (unpaired) electrons. The van der Waals surface area contributed by atoms with E-state index in [2.05, 4.69) is 16.9 Å². The summed E-state index contributed by atoms with van der Waals surface area (Å²) in [4.78, 5) is 6.08. The highest BCUT2D eigenvalue weighted by atomic mass is 35.5. The van der Waals surface area contributed by atoms with E-state index in [1.807, 2.05) is 0 Å². The number of aromatic nitrogens is 1. The van der Waals surface area contributed by atoms with Crippen LogP contribution in [-0.4, -0.2) is 28.4 Å². The maximum absolute atomic E-state index is 13.0. The van der Waals surface area contributed by atoms with Gasteiger partial charge in [-0.1, -0.05) is 12.8 Å². The van der Waals surface area contributed by atoms with Crippen LogP contribution >= 0.6 is 11.6 Å². The molecular weight excluding hydrogens is 239 g/mol. The Kier molecular flexibility index (Phi) is 4.35. The van der Waals surface area contributed by atoms with Crippen LogP contribution < -0.4 is 0 Å². The standard InChI is InChI=1S/C13H18ClFN2/c1-17(13-5-3-2-4-12(13)14)9-10-6-11(15)8-16-7-10/h6-8,12-13H,2-5,9H2,1H3. The van der Waals surface area contributed by atoms with E-state index in [-0.39, 0.29) is 11.2 Å². The molecule has 0 aliphatic heterocycles. The van der Waals surface area contributed by atoms with Gasteiger partial charge < -0.3 is 0 Å². The van der Waals surface area contributed by atoms with Crippen molar-refractivity contribution in [2.24, 2.45) is 0 Å². The summed E-state index contributed by atoms with van der Waals surface area (Å²) in [6, 6.07) is 1.93. The SMILES string of the molecule is CN(Cc1cncc(F)c1)C1CCCCC1Cl. The molecule has 0 N–H and O–H groups in total. The van der Waals surface area contributed by atoms with Gasteiger partial charge in [-0.2, -0.15) is 0 Å². The lowest BCUT2D eigenvalue weighted by atomic mass is 9.93. The highest BCUT2D eigenvalue weighted by Gasteiger charge is 2.26. The van der Waals surface area contributed by atoms with E-state index in [1.165, 1.54) is 25.1 Å².